The lowest BCUT2D eigenvalue weighted by Gasteiger charge is -2.40. The number of ketones is 1. The van der Waals surface area contributed by atoms with Crippen LogP contribution in [0.1, 0.15) is 47.3 Å². The number of ether oxygens (including phenoxy) is 1. The molecule has 0 saturated carbocycles. The lowest BCUT2D eigenvalue weighted by atomic mass is 9.96. The van der Waals surface area contributed by atoms with Crippen molar-refractivity contribution < 1.29 is 14.4 Å². The van der Waals surface area contributed by atoms with E-state index >= 15 is 0 Å². The molecule has 0 radical (unpaired) electrons. The summed E-state index contributed by atoms with van der Waals surface area (Å²) in [4.78, 5) is 25.0. The molecule has 7 nitrogen and oxygen atoms in total. The van der Waals surface area contributed by atoms with Crippen molar-refractivity contribution in [2.24, 2.45) is 5.16 Å². The number of fused-ring (bicyclic) bond motifs is 1. The van der Waals surface area contributed by atoms with E-state index in [0.29, 0.717) is 35.1 Å². The van der Waals surface area contributed by atoms with E-state index < -0.39 is 0 Å². The number of hydrogen-bond donors (Lipinski definition) is 0. The Bertz CT molecular complexity index is 1360. The van der Waals surface area contributed by atoms with E-state index in [9.17, 15) is 4.79 Å². The number of imidazole rings is 1. The summed E-state index contributed by atoms with van der Waals surface area (Å²) in [6.07, 6.45) is 8.82. The molecule has 37 heavy (non-hydrogen) atoms. The van der Waals surface area contributed by atoms with E-state index in [1.165, 1.54) is 0 Å². The molecular weight excluding hydrogens is 511 g/mol. The number of benzene rings is 2. The van der Waals surface area contributed by atoms with Gasteiger partial charge >= 0.3 is 0 Å². The van der Waals surface area contributed by atoms with Crippen molar-refractivity contribution in [3.63, 3.8) is 0 Å². The van der Waals surface area contributed by atoms with Gasteiger partial charge in [-0.25, -0.2) is 4.98 Å². The fourth-order valence-corrected chi connectivity index (χ4v) is 5.39. The van der Waals surface area contributed by atoms with E-state index in [1.807, 2.05) is 29.8 Å². The van der Waals surface area contributed by atoms with Crippen LogP contribution in [0.15, 0.2) is 59.7 Å². The Balaban J connectivity index is 1.32. The molecule has 0 unspecified atom stereocenters. The number of carbonyl (C=O) groups excluding carboxylic acids is 1. The summed E-state index contributed by atoms with van der Waals surface area (Å²) in [6, 6.07) is 11.1. The summed E-state index contributed by atoms with van der Waals surface area (Å²) >= 11 is 12.2. The highest BCUT2D eigenvalue weighted by Gasteiger charge is 2.32. The number of methoxy groups -OCH3 is 1. The molecule has 0 spiro atoms. The maximum Gasteiger partial charge on any atom is 0.171 e. The lowest BCUT2D eigenvalue weighted by molar-refractivity contribution is 0.0528. The minimum Gasteiger partial charge on any atom is -0.495 e. The maximum absolute atomic E-state index is 12.8. The number of Topliss-reactive ketones (excluding diaryl/α,β-unsaturated/α-hetero) is 1. The highest BCUT2D eigenvalue weighted by Crippen LogP contribution is 2.30. The predicted molar refractivity (Wildman–Crippen MR) is 146 cm³/mol. The van der Waals surface area contributed by atoms with Gasteiger partial charge in [0.15, 0.2) is 11.6 Å². The second-order valence-electron chi connectivity index (χ2n) is 9.30. The molecule has 1 aromatic heterocycles. The van der Waals surface area contributed by atoms with Crippen LogP contribution in [0.3, 0.4) is 0 Å². The number of piperidine rings is 1. The van der Waals surface area contributed by atoms with Gasteiger partial charge in [0.2, 0.25) is 0 Å². The van der Waals surface area contributed by atoms with Crippen molar-refractivity contribution in [1.82, 2.24) is 14.5 Å². The van der Waals surface area contributed by atoms with Gasteiger partial charge in [-0.05, 0) is 73.7 Å². The van der Waals surface area contributed by atoms with E-state index in [1.54, 1.807) is 31.6 Å². The van der Waals surface area contributed by atoms with Crippen molar-refractivity contribution in [3.05, 3.63) is 81.4 Å². The molecule has 0 N–H and O–H groups in total. The molecule has 2 aliphatic rings. The first-order chi connectivity index (χ1) is 17.9. The molecule has 1 fully saturated rings. The number of aromatic nitrogens is 2. The zero-order chi connectivity index (χ0) is 25.9. The van der Waals surface area contributed by atoms with Gasteiger partial charge in [0, 0.05) is 34.8 Å². The zero-order valence-corrected chi connectivity index (χ0v) is 22.3. The summed E-state index contributed by atoms with van der Waals surface area (Å²) in [5.41, 5.74) is 4.54. The SMILES string of the molecule is COc1cc(/C=C2\CCCN3C2=NOC[C@@H]3CCC(=O)c2cc(Cl)cc(Cl)c2)ccc1-n1cnc(C)c1. The van der Waals surface area contributed by atoms with Crippen molar-refractivity contribution >= 4 is 40.9 Å². The molecule has 0 aliphatic carbocycles. The minimum atomic E-state index is 0.0153. The largest absolute Gasteiger partial charge is 0.495 e. The Morgan fingerprint density at radius 2 is 2.03 bits per heavy atom. The molecule has 1 saturated heterocycles. The quantitative estimate of drug-likeness (QED) is 0.328. The van der Waals surface area contributed by atoms with E-state index in [-0.39, 0.29) is 11.8 Å². The molecule has 2 aliphatic heterocycles. The number of nitrogens with zero attached hydrogens (tertiary/aromatic N) is 4. The molecule has 0 amide bonds. The monoisotopic (exact) mass is 538 g/mol. The first-order valence-corrected chi connectivity index (χ1v) is 13.0. The number of aryl methyl sites for hydroxylation is 1. The van der Waals surface area contributed by atoms with Crippen LogP contribution in [0.2, 0.25) is 10.0 Å². The Hall–Kier alpha value is -3.29. The molecule has 0 bridgehead atoms. The van der Waals surface area contributed by atoms with Crippen LogP contribution in [0.4, 0.5) is 0 Å². The third-order valence-electron chi connectivity index (χ3n) is 6.69. The Kier molecular flexibility index (Phi) is 7.53. The van der Waals surface area contributed by atoms with Crippen LogP contribution in [0, 0.1) is 6.92 Å². The molecule has 1 atom stereocenters. The lowest BCUT2D eigenvalue weighted by Crippen LogP contribution is -2.49. The van der Waals surface area contributed by atoms with E-state index in [0.717, 1.165) is 53.5 Å². The number of rotatable bonds is 7. The van der Waals surface area contributed by atoms with E-state index in [4.69, 9.17) is 32.8 Å². The summed E-state index contributed by atoms with van der Waals surface area (Å²) in [7, 11) is 1.67. The topological polar surface area (TPSA) is 69.0 Å². The van der Waals surface area contributed by atoms with Crippen LogP contribution in [0.25, 0.3) is 11.8 Å². The molecule has 5 rings (SSSR count). The summed E-state index contributed by atoms with van der Waals surface area (Å²) in [5, 5.41) is 5.33. The number of hydrogen-bond acceptors (Lipinski definition) is 6. The number of oxime groups is 1. The van der Waals surface area contributed by atoms with Gasteiger partial charge in [-0.3, -0.25) is 4.79 Å². The van der Waals surface area contributed by atoms with Crippen LogP contribution in [-0.2, 0) is 4.84 Å². The Morgan fingerprint density at radius 3 is 2.76 bits per heavy atom. The molecular formula is C28H28Cl2N4O3. The summed E-state index contributed by atoms with van der Waals surface area (Å²) in [5.74, 6) is 1.62. The smallest absolute Gasteiger partial charge is 0.171 e. The summed E-state index contributed by atoms with van der Waals surface area (Å²) in [6.45, 7) is 3.29. The van der Waals surface area contributed by atoms with Crippen LogP contribution >= 0.6 is 23.2 Å². The Morgan fingerprint density at radius 1 is 1.22 bits per heavy atom. The van der Waals surface area contributed by atoms with Crippen molar-refractivity contribution in [2.45, 2.75) is 38.6 Å². The fraction of sp³-hybridized carbons (Fsp3) is 0.321. The molecule has 9 heteroatoms. The number of halogens is 2. The second kappa shape index (κ2) is 11.0. The third kappa shape index (κ3) is 5.68. The van der Waals surface area contributed by atoms with Gasteiger partial charge in [0.1, 0.15) is 12.4 Å². The summed E-state index contributed by atoms with van der Waals surface area (Å²) < 4.78 is 7.63. The standard InChI is InChI=1S/C28H28Cl2N4O3/c1-18-15-33(17-31-18)25-7-5-19(11-27(25)36-2)10-20-4-3-9-34-24(16-37-32-28(20)34)6-8-26(35)21-12-22(29)14-23(30)13-21/h5,7,10-15,17,24H,3-4,6,8-9,16H2,1-2H3/b20-10+/t24-/m0/s1. The number of amidine groups is 1. The first-order valence-electron chi connectivity index (χ1n) is 12.3. The van der Waals surface area contributed by atoms with Crippen molar-refractivity contribution in [3.8, 4) is 11.4 Å². The average molecular weight is 539 g/mol. The van der Waals surface area contributed by atoms with E-state index in [2.05, 4.69) is 27.2 Å². The van der Waals surface area contributed by atoms with Crippen LogP contribution in [-0.4, -0.2) is 52.4 Å². The van der Waals surface area contributed by atoms with Crippen molar-refractivity contribution in [1.29, 1.82) is 0 Å². The van der Waals surface area contributed by atoms with Gasteiger partial charge in [0.05, 0.1) is 30.9 Å². The van der Waals surface area contributed by atoms with Gasteiger partial charge in [-0.2, -0.15) is 0 Å². The maximum atomic E-state index is 12.8. The molecule has 192 valence electrons. The zero-order valence-electron chi connectivity index (χ0n) is 20.8. The van der Waals surface area contributed by atoms with Gasteiger partial charge in [-0.15, -0.1) is 0 Å². The molecule has 3 aromatic rings. The highest BCUT2D eigenvalue weighted by molar-refractivity contribution is 6.35. The van der Waals surface area contributed by atoms with Crippen LogP contribution < -0.4 is 4.74 Å². The van der Waals surface area contributed by atoms with Gasteiger partial charge in [0.25, 0.3) is 0 Å². The number of carbonyl (C=O) groups is 1. The Labute approximate surface area is 226 Å². The third-order valence-corrected chi connectivity index (χ3v) is 7.12. The minimum absolute atomic E-state index is 0.0153. The van der Waals surface area contributed by atoms with Crippen LogP contribution in [0.5, 0.6) is 5.75 Å². The van der Waals surface area contributed by atoms with Gasteiger partial charge in [-0.1, -0.05) is 34.4 Å². The molecule has 3 heterocycles. The van der Waals surface area contributed by atoms with Crippen molar-refractivity contribution in [2.75, 3.05) is 20.3 Å². The van der Waals surface area contributed by atoms with Gasteiger partial charge < -0.3 is 19.0 Å². The normalized spacial score (nSPS) is 18.3. The average Bonchev–Trinajstić information content (AvgIpc) is 3.32. The first kappa shape index (κ1) is 25.4. The second-order valence-corrected chi connectivity index (χ2v) is 10.2. The fourth-order valence-electron chi connectivity index (χ4n) is 4.87. The highest BCUT2D eigenvalue weighted by atomic mass is 35.5. The molecule has 2 aromatic carbocycles. The predicted octanol–water partition coefficient (Wildman–Crippen LogP) is 6.35.